The number of rotatable bonds is 3. The Morgan fingerprint density at radius 1 is 0.590 bits per heavy atom. The van der Waals surface area contributed by atoms with E-state index in [1.165, 1.54) is 43.5 Å². The van der Waals surface area contributed by atoms with E-state index in [1.807, 2.05) is 12.1 Å². The monoisotopic (exact) mass is 545 g/mol. The Balaban J connectivity index is 0.000000147. The summed E-state index contributed by atoms with van der Waals surface area (Å²) in [7, 11) is 0. The summed E-state index contributed by atoms with van der Waals surface area (Å²) < 4.78 is 37.0. The third kappa shape index (κ3) is 5.58. The minimum Gasteiger partial charge on any atom is -0.418 e. The average Bonchev–Trinajstić information content (AvgIpc) is 3.58. The maximum absolute atomic E-state index is 13.0. The van der Waals surface area contributed by atoms with Crippen LogP contribution in [-0.2, 0) is 0 Å². The van der Waals surface area contributed by atoms with E-state index in [1.54, 1.807) is 36.4 Å². The van der Waals surface area contributed by atoms with Crippen molar-refractivity contribution in [2.24, 2.45) is 0 Å². The Hall–Kier alpha value is -4.37. The molecule has 1 aliphatic rings. The Labute approximate surface area is 227 Å². The van der Waals surface area contributed by atoms with Gasteiger partial charge in [-0.1, -0.05) is 11.6 Å². The number of nitrogens with zero attached hydrogens (tertiary/aromatic N) is 5. The molecule has 0 saturated carbocycles. The van der Waals surface area contributed by atoms with Crippen LogP contribution in [0.3, 0.4) is 0 Å². The lowest BCUT2D eigenvalue weighted by molar-refractivity contribution is 0.569. The van der Waals surface area contributed by atoms with E-state index in [9.17, 15) is 8.78 Å². The van der Waals surface area contributed by atoms with Crippen LogP contribution in [-0.4, -0.2) is 33.0 Å². The van der Waals surface area contributed by atoms with Gasteiger partial charge in [-0.05, 0) is 92.1 Å². The molecule has 0 aliphatic carbocycles. The average molecular weight is 546 g/mol. The number of hydrogen-bond donors (Lipinski definition) is 0. The highest BCUT2D eigenvalue weighted by Gasteiger charge is 2.15. The number of hydrogen-bond acceptors (Lipinski definition) is 7. The third-order valence-electron chi connectivity index (χ3n) is 6.32. The fourth-order valence-electron chi connectivity index (χ4n) is 4.33. The minimum absolute atomic E-state index is 0.273. The topological polar surface area (TPSA) is 81.1 Å². The van der Waals surface area contributed by atoms with Crippen molar-refractivity contribution in [2.75, 3.05) is 18.0 Å². The van der Waals surface area contributed by atoms with Gasteiger partial charge in [-0.25, -0.2) is 18.7 Å². The van der Waals surface area contributed by atoms with Crippen molar-refractivity contribution in [3.05, 3.63) is 89.6 Å². The molecule has 0 N–H and O–H groups in total. The molecule has 0 amide bonds. The minimum atomic E-state index is -0.300. The number of anilines is 1. The summed E-state index contributed by atoms with van der Waals surface area (Å²) in [6, 6.07) is 19.3. The summed E-state index contributed by atoms with van der Waals surface area (Å²) in [6.45, 7) is 2.08. The van der Waals surface area contributed by atoms with Crippen LogP contribution in [0.5, 0.6) is 0 Å². The van der Waals surface area contributed by atoms with Crippen LogP contribution in [0.25, 0.3) is 45.4 Å². The first-order valence-electron chi connectivity index (χ1n) is 12.5. The molecule has 7 rings (SSSR count). The number of halogens is 3. The van der Waals surface area contributed by atoms with Gasteiger partial charge in [-0.15, -0.1) is 0 Å². The van der Waals surface area contributed by atoms with E-state index in [2.05, 4.69) is 24.8 Å². The molecule has 4 aromatic heterocycles. The van der Waals surface area contributed by atoms with Crippen molar-refractivity contribution in [3.8, 4) is 22.9 Å². The van der Waals surface area contributed by atoms with E-state index in [4.69, 9.17) is 20.4 Å². The summed E-state index contributed by atoms with van der Waals surface area (Å²) in [4.78, 5) is 19.5. The van der Waals surface area contributed by atoms with E-state index in [-0.39, 0.29) is 11.6 Å². The van der Waals surface area contributed by atoms with Gasteiger partial charge in [0.1, 0.15) is 33.6 Å². The summed E-state index contributed by atoms with van der Waals surface area (Å²) in [5.74, 6) is 1.23. The molecule has 5 heterocycles. The largest absolute Gasteiger partial charge is 0.418 e. The van der Waals surface area contributed by atoms with Crippen LogP contribution in [0.1, 0.15) is 19.3 Å². The first-order chi connectivity index (χ1) is 19.0. The van der Waals surface area contributed by atoms with Crippen molar-refractivity contribution in [1.29, 1.82) is 0 Å². The molecule has 196 valence electrons. The Bertz CT molecular complexity index is 1730. The number of aromatic nitrogens is 4. The molecule has 0 unspecified atom stereocenters. The summed E-state index contributed by atoms with van der Waals surface area (Å²) in [5, 5.41) is 0.347. The molecule has 6 aromatic rings. The van der Waals surface area contributed by atoms with Crippen LogP contribution in [0.2, 0.25) is 5.15 Å². The van der Waals surface area contributed by atoms with Gasteiger partial charge in [0.2, 0.25) is 23.2 Å². The maximum atomic E-state index is 13.0. The van der Waals surface area contributed by atoms with Gasteiger partial charge in [0.05, 0.1) is 0 Å². The fraction of sp³-hybridized carbons (Fsp3) is 0.172. The summed E-state index contributed by atoms with van der Waals surface area (Å²) >= 11 is 5.75. The van der Waals surface area contributed by atoms with Crippen LogP contribution in [0.15, 0.2) is 81.6 Å². The maximum Gasteiger partial charge on any atom is 0.249 e. The van der Waals surface area contributed by atoms with E-state index in [0.717, 1.165) is 30.0 Å². The Morgan fingerprint density at radius 3 is 1.67 bits per heavy atom. The second kappa shape index (κ2) is 10.8. The van der Waals surface area contributed by atoms with Crippen LogP contribution < -0.4 is 4.90 Å². The molecule has 7 nitrogen and oxygen atoms in total. The second-order valence-electron chi connectivity index (χ2n) is 9.05. The number of fused-ring (bicyclic) bond motifs is 2. The molecule has 10 heteroatoms. The Kier molecular flexibility index (Phi) is 6.89. The second-order valence-corrected chi connectivity index (χ2v) is 9.44. The summed E-state index contributed by atoms with van der Waals surface area (Å²) in [5.41, 5.74) is 3.69. The molecule has 2 aromatic carbocycles. The lowest BCUT2D eigenvalue weighted by Gasteiger charge is -2.27. The highest BCUT2D eigenvalue weighted by atomic mass is 35.5. The molecule has 1 aliphatic heterocycles. The van der Waals surface area contributed by atoms with Gasteiger partial charge >= 0.3 is 0 Å². The van der Waals surface area contributed by atoms with Crippen molar-refractivity contribution in [1.82, 2.24) is 19.9 Å². The Morgan fingerprint density at radius 2 is 1.10 bits per heavy atom. The van der Waals surface area contributed by atoms with Crippen LogP contribution in [0.4, 0.5) is 14.6 Å². The van der Waals surface area contributed by atoms with E-state index >= 15 is 0 Å². The molecule has 0 atom stereocenters. The molecule has 1 fully saturated rings. The molecule has 0 bridgehead atoms. The third-order valence-corrected chi connectivity index (χ3v) is 6.54. The van der Waals surface area contributed by atoms with Crippen molar-refractivity contribution < 1.29 is 17.6 Å². The lowest BCUT2D eigenvalue weighted by atomic mass is 10.1. The normalized spacial score (nSPS) is 13.5. The highest BCUT2D eigenvalue weighted by Crippen LogP contribution is 2.27. The van der Waals surface area contributed by atoms with E-state index in [0.29, 0.717) is 39.4 Å². The fourth-order valence-corrected chi connectivity index (χ4v) is 4.47. The van der Waals surface area contributed by atoms with Crippen LogP contribution in [0, 0.1) is 11.6 Å². The molecular formula is C29H22ClF2N5O2. The van der Waals surface area contributed by atoms with Gasteiger partial charge in [-0.3, -0.25) is 0 Å². The van der Waals surface area contributed by atoms with Gasteiger partial charge in [-0.2, -0.15) is 9.97 Å². The smallest absolute Gasteiger partial charge is 0.249 e. The predicted molar refractivity (Wildman–Crippen MR) is 145 cm³/mol. The van der Waals surface area contributed by atoms with E-state index < -0.39 is 0 Å². The molecule has 39 heavy (non-hydrogen) atoms. The zero-order valence-corrected chi connectivity index (χ0v) is 21.4. The predicted octanol–water partition coefficient (Wildman–Crippen LogP) is 7.70. The quantitative estimate of drug-likeness (QED) is 0.211. The first kappa shape index (κ1) is 24.9. The number of pyridine rings is 2. The zero-order chi connectivity index (χ0) is 26.8. The lowest BCUT2D eigenvalue weighted by Crippen LogP contribution is -2.29. The SMILES string of the molecule is Fc1ccc(-c2nc3ccc(Cl)nc3o2)cc1.Fc1ccc(-c2nc3ccc(N4CCCCC4)nc3o2)cc1. The first-order valence-corrected chi connectivity index (χ1v) is 12.9. The molecule has 0 radical (unpaired) electrons. The van der Waals surface area contributed by atoms with Gasteiger partial charge in [0.25, 0.3) is 0 Å². The molecule has 0 spiro atoms. The zero-order valence-electron chi connectivity index (χ0n) is 20.7. The van der Waals surface area contributed by atoms with Gasteiger partial charge in [0.15, 0.2) is 0 Å². The highest BCUT2D eigenvalue weighted by molar-refractivity contribution is 6.29. The summed E-state index contributed by atoms with van der Waals surface area (Å²) in [6.07, 6.45) is 3.70. The molecular weight excluding hydrogens is 524 g/mol. The number of benzene rings is 2. The van der Waals surface area contributed by atoms with Gasteiger partial charge < -0.3 is 13.7 Å². The number of oxazole rings is 2. The standard InChI is InChI=1S/C17H16FN3O.C12H6ClFN2O/c18-13-6-4-12(5-7-13)16-19-14-8-9-15(20-17(14)22-16)21-10-2-1-3-11-21;13-10-6-5-9-12(16-10)17-11(15-9)7-1-3-8(14)4-2-7/h4-9H,1-3,10-11H2;1-6H. The molecule has 1 saturated heterocycles. The van der Waals surface area contributed by atoms with Crippen molar-refractivity contribution in [2.45, 2.75) is 19.3 Å². The van der Waals surface area contributed by atoms with Gasteiger partial charge in [0, 0.05) is 24.2 Å². The number of piperidine rings is 1. The van der Waals surface area contributed by atoms with Crippen LogP contribution >= 0.6 is 11.6 Å². The van der Waals surface area contributed by atoms with Crippen molar-refractivity contribution in [3.63, 3.8) is 0 Å². The van der Waals surface area contributed by atoms with Crippen molar-refractivity contribution >= 4 is 39.9 Å².